The summed E-state index contributed by atoms with van der Waals surface area (Å²) in [7, 11) is 0. The Morgan fingerprint density at radius 1 is 1.58 bits per heavy atom. The molecule has 1 aromatic carbocycles. The predicted octanol–water partition coefficient (Wildman–Crippen LogP) is 2.51. The Labute approximate surface area is 83.8 Å². The Balaban J connectivity index is 3.37. The lowest BCUT2D eigenvalue weighted by molar-refractivity contribution is 0.0999. The number of carbonyl (C=O) groups excluding carboxylic acids is 1. The molecule has 0 unspecified atom stereocenters. The topological polar surface area (TPSA) is 43.1 Å². The Morgan fingerprint density at radius 3 is 2.67 bits per heavy atom. The van der Waals surface area contributed by atoms with Crippen molar-refractivity contribution < 1.29 is 4.79 Å². The van der Waals surface area contributed by atoms with Gasteiger partial charge in [0.25, 0.3) is 0 Å². The molecule has 0 radical (unpaired) electrons. The number of hydrogen-bond donors (Lipinski definition) is 1. The number of rotatable bonds is 1. The molecule has 0 saturated carbocycles. The molecule has 0 atom stereocenters. The number of primary amides is 1. The Morgan fingerprint density at radius 2 is 2.17 bits per heavy atom. The third-order valence-electron chi connectivity index (χ3n) is 1.48. The molecule has 1 aromatic rings. The number of aryl methyl sites for hydroxylation is 1. The number of benzene rings is 1. The van der Waals surface area contributed by atoms with Gasteiger partial charge in [0.1, 0.15) is 0 Å². The van der Waals surface area contributed by atoms with E-state index in [-0.39, 0.29) is 0 Å². The van der Waals surface area contributed by atoms with Crippen molar-refractivity contribution >= 4 is 33.4 Å². The maximum Gasteiger partial charge on any atom is 0.249 e. The second-order valence-corrected chi connectivity index (χ2v) is 3.68. The summed E-state index contributed by atoms with van der Waals surface area (Å²) >= 11 is 8.99. The quantitative estimate of drug-likeness (QED) is 0.815. The highest BCUT2D eigenvalue weighted by Gasteiger charge is 2.09. The largest absolute Gasteiger partial charge is 0.366 e. The van der Waals surface area contributed by atoms with Gasteiger partial charge in [-0.15, -0.1) is 0 Å². The fraction of sp³-hybridized carbons (Fsp3) is 0.125. The SMILES string of the molecule is Cc1cc(Cl)cc(C(N)=O)c1Br. The molecule has 1 amide bonds. The molecular formula is C8H7BrClNO. The molecule has 2 N–H and O–H groups in total. The summed E-state index contributed by atoms with van der Waals surface area (Å²) in [5.41, 5.74) is 6.44. The van der Waals surface area contributed by atoms with Crippen molar-refractivity contribution in [2.24, 2.45) is 5.73 Å². The van der Waals surface area contributed by atoms with Gasteiger partial charge in [-0.25, -0.2) is 0 Å². The summed E-state index contributed by atoms with van der Waals surface area (Å²) in [6, 6.07) is 3.30. The number of nitrogens with two attached hydrogens (primary N) is 1. The van der Waals surface area contributed by atoms with Crippen molar-refractivity contribution in [3.05, 3.63) is 32.8 Å². The van der Waals surface area contributed by atoms with Gasteiger partial charge in [-0.3, -0.25) is 4.79 Å². The van der Waals surface area contributed by atoms with Crippen LogP contribution in [-0.2, 0) is 0 Å². The zero-order valence-corrected chi connectivity index (χ0v) is 8.74. The average molecular weight is 249 g/mol. The van der Waals surface area contributed by atoms with E-state index >= 15 is 0 Å². The summed E-state index contributed by atoms with van der Waals surface area (Å²) < 4.78 is 0.708. The van der Waals surface area contributed by atoms with E-state index in [1.807, 2.05) is 6.92 Å². The van der Waals surface area contributed by atoms with E-state index in [1.54, 1.807) is 12.1 Å². The number of hydrogen-bond acceptors (Lipinski definition) is 1. The highest BCUT2D eigenvalue weighted by atomic mass is 79.9. The third kappa shape index (κ3) is 1.79. The first-order valence-corrected chi connectivity index (χ1v) is 4.45. The van der Waals surface area contributed by atoms with Crippen LogP contribution >= 0.6 is 27.5 Å². The van der Waals surface area contributed by atoms with E-state index in [9.17, 15) is 4.79 Å². The van der Waals surface area contributed by atoms with E-state index < -0.39 is 5.91 Å². The molecule has 2 nitrogen and oxygen atoms in total. The predicted molar refractivity (Wildman–Crippen MR) is 52.4 cm³/mol. The number of amides is 1. The number of halogens is 2. The molecule has 64 valence electrons. The summed E-state index contributed by atoms with van der Waals surface area (Å²) in [6.45, 7) is 1.85. The molecule has 4 heteroatoms. The summed E-state index contributed by atoms with van der Waals surface area (Å²) in [5, 5.41) is 0.518. The lowest BCUT2D eigenvalue weighted by Crippen LogP contribution is -2.12. The van der Waals surface area contributed by atoms with Gasteiger partial charge in [-0.2, -0.15) is 0 Å². The Hall–Kier alpha value is -0.540. The smallest absolute Gasteiger partial charge is 0.249 e. The molecule has 12 heavy (non-hydrogen) atoms. The molecule has 0 aliphatic carbocycles. The maximum absolute atomic E-state index is 10.9. The molecule has 0 saturated heterocycles. The second-order valence-electron chi connectivity index (χ2n) is 2.45. The highest BCUT2D eigenvalue weighted by molar-refractivity contribution is 9.10. The van der Waals surface area contributed by atoms with Crippen LogP contribution in [0.1, 0.15) is 15.9 Å². The van der Waals surface area contributed by atoms with Gasteiger partial charge in [-0.1, -0.05) is 11.6 Å². The minimum atomic E-state index is -0.479. The van der Waals surface area contributed by atoms with Crippen molar-refractivity contribution in [2.75, 3.05) is 0 Å². The number of carbonyl (C=O) groups is 1. The third-order valence-corrected chi connectivity index (χ3v) is 2.76. The van der Waals surface area contributed by atoms with Gasteiger partial charge in [0.2, 0.25) is 5.91 Å². The molecule has 0 aliphatic rings. The van der Waals surface area contributed by atoms with Crippen LogP contribution in [0.15, 0.2) is 16.6 Å². The average Bonchev–Trinajstić information content (AvgIpc) is 1.96. The van der Waals surface area contributed by atoms with Crippen LogP contribution < -0.4 is 5.73 Å². The maximum atomic E-state index is 10.9. The van der Waals surface area contributed by atoms with Crippen LogP contribution in [0.5, 0.6) is 0 Å². The first kappa shape index (κ1) is 9.55. The Bertz CT molecular complexity index is 338. The van der Waals surface area contributed by atoms with Crippen LogP contribution in [0.3, 0.4) is 0 Å². The van der Waals surface area contributed by atoms with E-state index in [4.69, 9.17) is 17.3 Å². The summed E-state index contributed by atoms with van der Waals surface area (Å²) in [6.07, 6.45) is 0. The molecule has 0 spiro atoms. The monoisotopic (exact) mass is 247 g/mol. The molecule has 1 rings (SSSR count). The molecule has 0 aliphatic heterocycles. The molecule has 0 heterocycles. The van der Waals surface area contributed by atoms with Crippen molar-refractivity contribution in [2.45, 2.75) is 6.92 Å². The van der Waals surface area contributed by atoms with Crippen molar-refractivity contribution in [3.63, 3.8) is 0 Å². The first-order valence-electron chi connectivity index (χ1n) is 3.28. The molecular weight excluding hydrogens is 241 g/mol. The van der Waals surface area contributed by atoms with Gasteiger partial charge in [0.05, 0.1) is 5.56 Å². The van der Waals surface area contributed by atoms with Crippen LogP contribution in [0.25, 0.3) is 0 Å². The summed E-state index contributed by atoms with van der Waals surface area (Å²) in [4.78, 5) is 10.9. The van der Waals surface area contributed by atoms with Gasteiger partial charge in [0, 0.05) is 9.50 Å². The molecule has 0 bridgehead atoms. The van der Waals surface area contributed by atoms with Gasteiger partial charge in [0.15, 0.2) is 0 Å². The van der Waals surface area contributed by atoms with Gasteiger partial charge < -0.3 is 5.73 Å². The second kappa shape index (κ2) is 3.46. The van der Waals surface area contributed by atoms with E-state index in [2.05, 4.69) is 15.9 Å². The van der Waals surface area contributed by atoms with E-state index in [0.29, 0.717) is 15.1 Å². The fourth-order valence-electron chi connectivity index (χ4n) is 0.905. The van der Waals surface area contributed by atoms with Crippen LogP contribution in [0.2, 0.25) is 5.02 Å². The van der Waals surface area contributed by atoms with Crippen molar-refractivity contribution in [1.29, 1.82) is 0 Å². The molecule has 0 aromatic heterocycles. The highest BCUT2D eigenvalue weighted by Crippen LogP contribution is 2.25. The van der Waals surface area contributed by atoms with Crippen molar-refractivity contribution in [3.8, 4) is 0 Å². The van der Waals surface area contributed by atoms with E-state index in [1.165, 1.54) is 0 Å². The van der Waals surface area contributed by atoms with Crippen LogP contribution in [0, 0.1) is 6.92 Å². The minimum absolute atomic E-state index is 0.417. The minimum Gasteiger partial charge on any atom is -0.366 e. The zero-order chi connectivity index (χ0) is 9.30. The Kier molecular flexibility index (Phi) is 2.75. The van der Waals surface area contributed by atoms with Crippen LogP contribution in [-0.4, -0.2) is 5.91 Å². The first-order chi connectivity index (χ1) is 5.52. The molecule has 0 fully saturated rings. The van der Waals surface area contributed by atoms with Gasteiger partial charge in [-0.05, 0) is 40.5 Å². The normalized spacial score (nSPS) is 9.92. The van der Waals surface area contributed by atoms with Crippen molar-refractivity contribution in [1.82, 2.24) is 0 Å². The van der Waals surface area contributed by atoms with Gasteiger partial charge >= 0.3 is 0 Å². The lowest BCUT2D eigenvalue weighted by atomic mass is 10.1. The van der Waals surface area contributed by atoms with Crippen LogP contribution in [0.4, 0.5) is 0 Å². The van der Waals surface area contributed by atoms with E-state index in [0.717, 1.165) is 5.56 Å². The lowest BCUT2D eigenvalue weighted by Gasteiger charge is -2.03. The summed E-state index contributed by atoms with van der Waals surface area (Å²) in [5.74, 6) is -0.479. The fourth-order valence-corrected chi connectivity index (χ4v) is 1.60. The standard InChI is InChI=1S/C8H7BrClNO/c1-4-2-5(10)3-6(7(4)9)8(11)12/h2-3H,1H3,(H2,11,12). The zero-order valence-electron chi connectivity index (χ0n) is 6.40.